The standard InChI is InChI=1S/C25H15ClN4O4/c26-19-6-7-21(20(11-19)15-2-1-3-16(10-15)25(32)33)34-9-8-30-14-29-23-18(13-28)5-4-17(12-27)22(23)24(30)31/h1-7,10-11,14H,8-9H2,(H,32,33). The highest BCUT2D eigenvalue weighted by Crippen LogP contribution is 2.33. The lowest BCUT2D eigenvalue weighted by Crippen LogP contribution is -2.24. The zero-order valence-electron chi connectivity index (χ0n) is 17.5. The summed E-state index contributed by atoms with van der Waals surface area (Å²) in [6, 6.07) is 18.2. The highest BCUT2D eigenvalue weighted by atomic mass is 35.5. The molecule has 1 N–H and O–H groups in total. The maximum Gasteiger partial charge on any atom is 0.335 e. The normalized spacial score (nSPS) is 10.4. The van der Waals surface area contributed by atoms with Crippen molar-refractivity contribution in [1.82, 2.24) is 9.55 Å². The Labute approximate surface area is 198 Å². The van der Waals surface area contributed by atoms with Gasteiger partial charge in [0.15, 0.2) is 0 Å². The number of aromatic carboxylic acids is 1. The Balaban J connectivity index is 1.63. The van der Waals surface area contributed by atoms with Crippen LogP contribution < -0.4 is 10.3 Å². The van der Waals surface area contributed by atoms with E-state index in [4.69, 9.17) is 16.3 Å². The summed E-state index contributed by atoms with van der Waals surface area (Å²) in [6.45, 7) is 0.209. The van der Waals surface area contributed by atoms with Gasteiger partial charge in [0.1, 0.15) is 24.5 Å². The van der Waals surface area contributed by atoms with E-state index in [2.05, 4.69) is 4.98 Å². The molecule has 0 aliphatic heterocycles. The van der Waals surface area contributed by atoms with E-state index in [9.17, 15) is 25.2 Å². The van der Waals surface area contributed by atoms with Crippen molar-refractivity contribution in [2.75, 3.05) is 6.61 Å². The van der Waals surface area contributed by atoms with Crippen LogP contribution in [-0.4, -0.2) is 27.2 Å². The Morgan fingerprint density at radius 1 is 1.09 bits per heavy atom. The molecule has 0 fully saturated rings. The van der Waals surface area contributed by atoms with E-state index in [-0.39, 0.29) is 40.7 Å². The Kier molecular flexibility index (Phi) is 6.26. The fraction of sp³-hybridized carbons (Fsp3) is 0.0800. The minimum atomic E-state index is -1.05. The number of benzene rings is 3. The van der Waals surface area contributed by atoms with Crippen molar-refractivity contribution in [1.29, 1.82) is 10.5 Å². The number of halogens is 1. The zero-order valence-corrected chi connectivity index (χ0v) is 18.3. The van der Waals surface area contributed by atoms with Crippen molar-refractivity contribution in [3.63, 3.8) is 0 Å². The predicted molar refractivity (Wildman–Crippen MR) is 125 cm³/mol. The average Bonchev–Trinajstić information content (AvgIpc) is 2.85. The van der Waals surface area contributed by atoms with E-state index in [1.54, 1.807) is 30.3 Å². The lowest BCUT2D eigenvalue weighted by molar-refractivity contribution is 0.0697. The Hall–Kier alpha value is -4.66. The van der Waals surface area contributed by atoms with E-state index in [1.807, 2.05) is 12.1 Å². The molecule has 0 unspecified atom stereocenters. The third kappa shape index (κ3) is 4.31. The first-order valence-electron chi connectivity index (χ1n) is 10.0. The fourth-order valence-electron chi connectivity index (χ4n) is 3.54. The van der Waals surface area contributed by atoms with Gasteiger partial charge in [-0.25, -0.2) is 9.78 Å². The number of carboxylic acids is 1. The largest absolute Gasteiger partial charge is 0.491 e. The van der Waals surface area contributed by atoms with Crippen LogP contribution >= 0.6 is 11.6 Å². The minimum absolute atomic E-state index is 0.0835. The molecule has 0 bridgehead atoms. The molecule has 4 aromatic rings. The Morgan fingerprint density at radius 3 is 2.59 bits per heavy atom. The maximum atomic E-state index is 13.0. The van der Waals surface area contributed by atoms with Gasteiger partial charge in [0.2, 0.25) is 0 Å². The third-order valence-corrected chi connectivity index (χ3v) is 5.41. The molecule has 0 saturated carbocycles. The van der Waals surface area contributed by atoms with Crippen molar-refractivity contribution >= 4 is 28.5 Å². The molecule has 8 nitrogen and oxygen atoms in total. The number of carboxylic acid groups (broad SMARTS) is 1. The molecule has 0 atom stereocenters. The molecular weight excluding hydrogens is 456 g/mol. The number of fused-ring (bicyclic) bond motifs is 1. The summed E-state index contributed by atoms with van der Waals surface area (Å²) in [5.74, 6) is -0.593. The van der Waals surface area contributed by atoms with Gasteiger partial charge >= 0.3 is 5.97 Å². The molecule has 1 aromatic heterocycles. The summed E-state index contributed by atoms with van der Waals surface area (Å²) in [4.78, 5) is 28.5. The Morgan fingerprint density at radius 2 is 1.85 bits per heavy atom. The second-order valence-electron chi connectivity index (χ2n) is 7.23. The smallest absolute Gasteiger partial charge is 0.335 e. The summed E-state index contributed by atoms with van der Waals surface area (Å²) < 4.78 is 7.22. The summed E-state index contributed by atoms with van der Waals surface area (Å²) >= 11 is 6.15. The van der Waals surface area contributed by atoms with Gasteiger partial charge < -0.3 is 9.84 Å². The van der Waals surface area contributed by atoms with Crippen LogP contribution in [0.25, 0.3) is 22.0 Å². The second kappa shape index (κ2) is 9.45. The van der Waals surface area contributed by atoms with E-state index in [0.717, 1.165) is 0 Å². The van der Waals surface area contributed by atoms with Crippen molar-refractivity contribution in [3.8, 4) is 29.0 Å². The number of carbonyl (C=O) groups is 1. The number of rotatable bonds is 6. The number of aromatic nitrogens is 2. The molecule has 34 heavy (non-hydrogen) atoms. The molecule has 0 aliphatic rings. The summed E-state index contributed by atoms with van der Waals surface area (Å²) in [7, 11) is 0. The number of nitriles is 2. The van der Waals surface area contributed by atoms with Crippen molar-refractivity contribution in [3.05, 3.63) is 93.0 Å². The first kappa shape index (κ1) is 22.5. The van der Waals surface area contributed by atoms with E-state index < -0.39 is 11.5 Å². The van der Waals surface area contributed by atoms with Crippen LogP contribution in [0.1, 0.15) is 21.5 Å². The van der Waals surface area contributed by atoms with Crippen LogP contribution in [0.15, 0.2) is 65.7 Å². The second-order valence-corrected chi connectivity index (χ2v) is 7.66. The van der Waals surface area contributed by atoms with Crippen LogP contribution in [0.5, 0.6) is 5.75 Å². The van der Waals surface area contributed by atoms with E-state index in [0.29, 0.717) is 21.9 Å². The number of nitrogens with zero attached hydrogens (tertiary/aromatic N) is 4. The molecule has 4 rings (SSSR count). The third-order valence-electron chi connectivity index (χ3n) is 5.17. The maximum absolute atomic E-state index is 13.0. The molecule has 0 saturated heterocycles. The van der Waals surface area contributed by atoms with E-state index in [1.165, 1.54) is 35.2 Å². The van der Waals surface area contributed by atoms with Crippen molar-refractivity contribution < 1.29 is 14.6 Å². The lowest BCUT2D eigenvalue weighted by atomic mass is 10.0. The Bertz CT molecular complexity index is 1580. The SMILES string of the molecule is N#Cc1ccc(C#N)c2c(=O)n(CCOc3ccc(Cl)cc3-c3cccc(C(=O)O)c3)cnc12. The van der Waals surface area contributed by atoms with Gasteiger partial charge in [-0.3, -0.25) is 9.36 Å². The number of ether oxygens (including phenoxy) is 1. The lowest BCUT2D eigenvalue weighted by Gasteiger charge is -2.14. The predicted octanol–water partition coefficient (Wildman–Crippen LogP) is 4.24. The first-order valence-corrected chi connectivity index (χ1v) is 10.4. The molecular formula is C25H15ClN4O4. The molecule has 0 amide bonds. The molecule has 9 heteroatoms. The highest BCUT2D eigenvalue weighted by molar-refractivity contribution is 6.31. The molecule has 1 heterocycles. The molecule has 0 radical (unpaired) electrons. The quantitative estimate of drug-likeness (QED) is 0.446. The number of hydrogen-bond acceptors (Lipinski definition) is 6. The van der Waals surface area contributed by atoms with Crippen molar-refractivity contribution in [2.24, 2.45) is 0 Å². The zero-order chi connectivity index (χ0) is 24.2. The van der Waals surface area contributed by atoms with Gasteiger partial charge in [0.05, 0.1) is 40.5 Å². The van der Waals surface area contributed by atoms with Crippen LogP contribution in [0.2, 0.25) is 5.02 Å². The van der Waals surface area contributed by atoms with Gasteiger partial charge in [-0.1, -0.05) is 23.7 Å². The topological polar surface area (TPSA) is 129 Å². The molecule has 166 valence electrons. The summed E-state index contributed by atoms with van der Waals surface area (Å²) in [5, 5.41) is 28.5. The molecule has 3 aromatic carbocycles. The van der Waals surface area contributed by atoms with Crippen LogP contribution in [0, 0.1) is 22.7 Å². The highest BCUT2D eigenvalue weighted by Gasteiger charge is 2.14. The van der Waals surface area contributed by atoms with Gasteiger partial charge in [-0.15, -0.1) is 0 Å². The monoisotopic (exact) mass is 470 g/mol. The van der Waals surface area contributed by atoms with Gasteiger partial charge in [0, 0.05) is 10.6 Å². The first-order chi connectivity index (χ1) is 16.4. The van der Waals surface area contributed by atoms with Gasteiger partial charge in [-0.2, -0.15) is 10.5 Å². The average molecular weight is 471 g/mol. The molecule has 0 aliphatic carbocycles. The van der Waals surface area contributed by atoms with Crippen molar-refractivity contribution in [2.45, 2.75) is 6.54 Å². The summed E-state index contributed by atoms with van der Waals surface area (Å²) in [6.07, 6.45) is 1.31. The minimum Gasteiger partial charge on any atom is -0.491 e. The fourth-order valence-corrected chi connectivity index (χ4v) is 3.71. The van der Waals surface area contributed by atoms with Crippen LogP contribution in [0.4, 0.5) is 0 Å². The van der Waals surface area contributed by atoms with Crippen LogP contribution in [0.3, 0.4) is 0 Å². The molecule has 0 spiro atoms. The van der Waals surface area contributed by atoms with E-state index >= 15 is 0 Å². The number of hydrogen-bond donors (Lipinski definition) is 1. The van der Waals surface area contributed by atoms with Crippen LogP contribution in [-0.2, 0) is 6.54 Å². The summed E-state index contributed by atoms with van der Waals surface area (Å²) in [5.41, 5.74) is 1.43. The van der Waals surface area contributed by atoms with Gasteiger partial charge in [-0.05, 0) is 48.0 Å². The van der Waals surface area contributed by atoms with Gasteiger partial charge in [0.25, 0.3) is 5.56 Å².